The summed E-state index contributed by atoms with van der Waals surface area (Å²) in [5, 5.41) is 9.08. The molecule has 0 amide bonds. The van der Waals surface area contributed by atoms with Gasteiger partial charge < -0.3 is 9.84 Å². The van der Waals surface area contributed by atoms with Crippen molar-refractivity contribution in [3.8, 4) is 0 Å². The van der Waals surface area contributed by atoms with Crippen LogP contribution in [0.5, 0.6) is 0 Å². The number of ether oxygens (including phenoxy) is 1. The third-order valence-corrected chi connectivity index (χ3v) is 4.56. The van der Waals surface area contributed by atoms with Crippen LogP contribution in [0.2, 0.25) is 0 Å². The fraction of sp³-hybridized carbons (Fsp3) is 1.00. The molecular weight excluding hydrogens is 244 g/mol. The van der Waals surface area contributed by atoms with E-state index < -0.39 is 10.2 Å². The Bertz CT molecular complexity index is 320. The Morgan fingerprint density at radius 1 is 1.59 bits per heavy atom. The van der Waals surface area contributed by atoms with Crippen LogP contribution in [0.3, 0.4) is 0 Å². The third kappa shape index (κ3) is 4.51. The van der Waals surface area contributed by atoms with E-state index in [9.17, 15) is 8.42 Å². The maximum atomic E-state index is 12.0. The minimum absolute atomic E-state index is 0.0413. The molecule has 1 fully saturated rings. The van der Waals surface area contributed by atoms with Gasteiger partial charge in [-0.25, -0.2) is 0 Å². The van der Waals surface area contributed by atoms with Gasteiger partial charge in [-0.3, -0.25) is 0 Å². The van der Waals surface area contributed by atoms with Gasteiger partial charge in [-0.1, -0.05) is 0 Å². The predicted molar refractivity (Wildman–Crippen MR) is 64.8 cm³/mol. The molecule has 2 atom stereocenters. The maximum Gasteiger partial charge on any atom is 0.279 e. The van der Waals surface area contributed by atoms with Gasteiger partial charge in [0.05, 0.1) is 6.61 Å². The standard InChI is InChI=1S/C10H22N2O4S/c1-9(8-16-2)11-17(14,15)12-5-3-4-10(6-12)7-13/h9-11,13H,3-8H2,1-2H3. The molecule has 1 rings (SSSR count). The maximum absolute atomic E-state index is 12.0. The molecule has 1 heterocycles. The lowest BCUT2D eigenvalue weighted by Gasteiger charge is -2.31. The fourth-order valence-electron chi connectivity index (χ4n) is 2.01. The van der Waals surface area contributed by atoms with Gasteiger partial charge in [-0.15, -0.1) is 0 Å². The SMILES string of the molecule is COCC(C)NS(=O)(=O)N1CCCC(CO)C1. The second-order valence-electron chi connectivity index (χ2n) is 4.53. The van der Waals surface area contributed by atoms with Crippen LogP contribution in [0.1, 0.15) is 19.8 Å². The number of methoxy groups -OCH3 is 1. The van der Waals surface area contributed by atoms with E-state index in [1.807, 2.05) is 0 Å². The molecule has 0 radical (unpaired) electrons. The monoisotopic (exact) mass is 266 g/mol. The summed E-state index contributed by atoms with van der Waals surface area (Å²) in [6, 6.07) is -0.250. The van der Waals surface area contributed by atoms with Gasteiger partial charge in [0, 0.05) is 32.8 Å². The largest absolute Gasteiger partial charge is 0.396 e. The van der Waals surface area contributed by atoms with Crippen molar-refractivity contribution in [2.24, 2.45) is 5.92 Å². The Labute approximate surface area is 103 Å². The number of aliphatic hydroxyl groups is 1. The van der Waals surface area contributed by atoms with E-state index in [-0.39, 0.29) is 18.6 Å². The van der Waals surface area contributed by atoms with Crippen molar-refractivity contribution in [2.45, 2.75) is 25.8 Å². The summed E-state index contributed by atoms with van der Waals surface area (Å²) in [5.41, 5.74) is 0. The van der Waals surface area contributed by atoms with Gasteiger partial charge in [0.25, 0.3) is 10.2 Å². The Morgan fingerprint density at radius 2 is 2.29 bits per heavy atom. The van der Waals surface area contributed by atoms with Crippen molar-refractivity contribution in [2.75, 3.05) is 33.4 Å². The molecule has 0 bridgehead atoms. The molecule has 1 aliphatic heterocycles. The molecule has 0 aromatic rings. The van der Waals surface area contributed by atoms with E-state index in [4.69, 9.17) is 9.84 Å². The number of rotatable bonds is 6. The molecule has 2 unspecified atom stereocenters. The number of nitrogens with zero attached hydrogens (tertiary/aromatic N) is 1. The predicted octanol–water partition coefficient (Wildman–Crippen LogP) is -0.440. The van der Waals surface area contributed by atoms with E-state index in [2.05, 4.69) is 4.72 Å². The number of hydrogen-bond acceptors (Lipinski definition) is 4. The van der Waals surface area contributed by atoms with Crippen LogP contribution in [-0.2, 0) is 14.9 Å². The van der Waals surface area contributed by atoms with Crippen molar-refractivity contribution in [1.82, 2.24) is 9.03 Å². The second kappa shape index (κ2) is 6.65. The topological polar surface area (TPSA) is 78.9 Å². The zero-order chi connectivity index (χ0) is 12.9. The Morgan fingerprint density at radius 3 is 2.88 bits per heavy atom. The minimum atomic E-state index is -3.46. The summed E-state index contributed by atoms with van der Waals surface area (Å²) < 4.78 is 32.9. The molecule has 0 saturated carbocycles. The van der Waals surface area contributed by atoms with Crippen LogP contribution in [0, 0.1) is 5.92 Å². The molecule has 1 aliphatic rings. The van der Waals surface area contributed by atoms with Gasteiger partial charge in [-0.2, -0.15) is 17.4 Å². The van der Waals surface area contributed by atoms with Crippen molar-refractivity contribution >= 4 is 10.2 Å². The zero-order valence-corrected chi connectivity index (χ0v) is 11.2. The summed E-state index contributed by atoms with van der Waals surface area (Å²) in [6.07, 6.45) is 1.68. The molecule has 0 aromatic heterocycles. The van der Waals surface area contributed by atoms with Gasteiger partial charge >= 0.3 is 0 Å². The van der Waals surface area contributed by atoms with E-state index in [0.29, 0.717) is 19.7 Å². The molecule has 6 nitrogen and oxygen atoms in total. The van der Waals surface area contributed by atoms with Crippen LogP contribution in [0.15, 0.2) is 0 Å². The highest BCUT2D eigenvalue weighted by atomic mass is 32.2. The van der Waals surface area contributed by atoms with Crippen molar-refractivity contribution < 1.29 is 18.3 Å². The van der Waals surface area contributed by atoms with Gasteiger partial charge in [0.2, 0.25) is 0 Å². The Hall–Kier alpha value is -0.210. The lowest BCUT2D eigenvalue weighted by Crippen LogP contribution is -2.49. The molecule has 0 spiro atoms. The first-order chi connectivity index (χ1) is 7.99. The van der Waals surface area contributed by atoms with Gasteiger partial charge in [0.1, 0.15) is 0 Å². The average molecular weight is 266 g/mol. The normalized spacial score (nSPS) is 24.8. The molecule has 1 saturated heterocycles. The first-order valence-electron chi connectivity index (χ1n) is 5.86. The molecule has 102 valence electrons. The molecule has 7 heteroatoms. The van der Waals surface area contributed by atoms with E-state index in [1.54, 1.807) is 6.92 Å². The zero-order valence-electron chi connectivity index (χ0n) is 10.4. The molecule has 0 aromatic carbocycles. The Kier molecular flexibility index (Phi) is 5.81. The van der Waals surface area contributed by atoms with Crippen molar-refractivity contribution in [3.63, 3.8) is 0 Å². The van der Waals surface area contributed by atoms with E-state index in [0.717, 1.165) is 12.8 Å². The third-order valence-electron chi connectivity index (χ3n) is 2.85. The van der Waals surface area contributed by atoms with Gasteiger partial charge in [0.15, 0.2) is 0 Å². The van der Waals surface area contributed by atoms with Crippen molar-refractivity contribution in [3.05, 3.63) is 0 Å². The Balaban J connectivity index is 2.57. The van der Waals surface area contributed by atoms with Crippen LogP contribution in [0.25, 0.3) is 0 Å². The van der Waals surface area contributed by atoms with E-state index in [1.165, 1.54) is 11.4 Å². The molecular formula is C10H22N2O4S. The second-order valence-corrected chi connectivity index (χ2v) is 6.23. The number of hydrogen-bond donors (Lipinski definition) is 2. The van der Waals surface area contributed by atoms with Crippen LogP contribution in [-0.4, -0.2) is 57.3 Å². The molecule has 0 aliphatic carbocycles. The smallest absolute Gasteiger partial charge is 0.279 e. The number of aliphatic hydroxyl groups excluding tert-OH is 1. The number of piperidine rings is 1. The van der Waals surface area contributed by atoms with Crippen molar-refractivity contribution in [1.29, 1.82) is 0 Å². The highest BCUT2D eigenvalue weighted by Crippen LogP contribution is 2.18. The van der Waals surface area contributed by atoms with E-state index >= 15 is 0 Å². The average Bonchev–Trinajstić information content (AvgIpc) is 2.28. The molecule has 2 N–H and O–H groups in total. The summed E-state index contributed by atoms with van der Waals surface area (Å²) in [6.45, 7) is 3.06. The first-order valence-corrected chi connectivity index (χ1v) is 7.30. The lowest BCUT2D eigenvalue weighted by atomic mass is 10.0. The highest BCUT2D eigenvalue weighted by molar-refractivity contribution is 7.87. The first kappa shape index (κ1) is 14.8. The summed E-state index contributed by atoms with van der Waals surface area (Å²) >= 11 is 0. The van der Waals surface area contributed by atoms with Crippen LogP contribution >= 0.6 is 0 Å². The molecule has 17 heavy (non-hydrogen) atoms. The van der Waals surface area contributed by atoms with Crippen LogP contribution < -0.4 is 4.72 Å². The summed E-state index contributed by atoms with van der Waals surface area (Å²) in [7, 11) is -1.92. The fourth-order valence-corrected chi connectivity index (χ4v) is 3.51. The van der Waals surface area contributed by atoms with Crippen LogP contribution in [0.4, 0.5) is 0 Å². The summed E-state index contributed by atoms with van der Waals surface area (Å²) in [4.78, 5) is 0. The lowest BCUT2D eigenvalue weighted by molar-refractivity contribution is 0.161. The van der Waals surface area contributed by atoms with Gasteiger partial charge in [-0.05, 0) is 25.7 Å². The summed E-state index contributed by atoms with van der Waals surface area (Å²) in [5.74, 6) is 0.0538. The minimum Gasteiger partial charge on any atom is -0.396 e. The quantitative estimate of drug-likeness (QED) is 0.683. The highest BCUT2D eigenvalue weighted by Gasteiger charge is 2.29. The number of nitrogens with one attached hydrogen (secondary N) is 1.